The van der Waals surface area contributed by atoms with Crippen LogP contribution >= 0.6 is 0 Å². The van der Waals surface area contributed by atoms with E-state index in [9.17, 15) is 9.59 Å². The Labute approximate surface area is 121 Å². The molecule has 2 amide bonds. The van der Waals surface area contributed by atoms with Gasteiger partial charge in [-0.25, -0.2) is 4.79 Å². The van der Waals surface area contributed by atoms with E-state index in [4.69, 9.17) is 4.74 Å². The number of amides is 2. The number of piperidine rings is 1. The van der Waals surface area contributed by atoms with Crippen molar-refractivity contribution in [1.29, 1.82) is 0 Å². The second kappa shape index (κ2) is 8.09. The minimum atomic E-state index is -0.239. The molecule has 2 N–H and O–H groups in total. The molecule has 0 aromatic heterocycles. The molecule has 0 spiro atoms. The van der Waals surface area contributed by atoms with Crippen molar-refractivity contribution >= 4 is 12.0 Å². The van der Waals surface area contributed by atoms with Crippen LogP contribution in [0.5, 0.6) is 0 Å². The smallest absolute Gasteiger partial charge is 0.409 e. The van der Waals surface area contributed by atoms with Crippen LogP contribution in [0.15, 0.2) is 0 Å². The summed E-state index contributed by atoms with van der Waals surface area (Å²) in [6.07, 6.45) is 1.45. The quantitative estimate of drug-likeness (QED) is 0.794. The third kappa shape index (κ3) is 5.36. The van der Waals surface area contributed by atoms with Gasteiger partial charge in [0.05, 0.1) is 12.6 Å². The van der Waals surface area contributed by atoms with E-state index >= 15 is 0 Å². The number of carbonyl (C=O) groups is 2. The Morgan fingerprint density at radius 2 is 1.85 bits per heavy atom. The van der Waals surface area contributed by atoms with Crippen LogP contribution in [0.3, 0.4) is 0 Å². The summed E-state index contributed by atoms with van der Waals surface area (Å²) in [6.45, 7) is 9.33. The highest BCUT2D eigenvalue weighted by Gasteiger charge is 2.25. The van der Waals surface area contributed by atoms with E-state index in [2.05, 4.69) is 10.6 Å². The van der Waals surface area contributed by atoms with Gasteiger partial charge in [0.15, 0.2) is 0 Å². The predicted octanol–water partition coefficient (Wildman–Crippen LogP) is 1.11. The molecule has 20 heavy (non-hydrogen) atoms. The van der Waals surface area contributed by atoms with E-state index in [-0.39, 0.29) is 30.1 Å². The third-order valence-electron chi connectivity index (χ3n) is 3.33. The second-order valence-electron chi connectivity index (χ2n) is 5.51. The molecular weight excluding hydrogens is 258 g/mol. The zero-order valence-electron chi connectivity index (χ0n) is 12.9. The molecule has 1 heterocycles. The molecule has 1 saturated heterocycles. The number of carbonyl (C=O) groups excluding carboxylic acids is 2. The highest BCUT2D eigenvalue weighted by Crippen LogP contribution is 2.12. The summed E-state index contributed by atoms with van der Waals surface area (Å²) in [6, 6.07) is 0.211. The van der Waals surface area contributed by atoms with E-state index in [1.165, 1.54) is 0 Å². The molecule has 116 valence electrons. The number of nitrogens with zero attached hydrogens (tertiary/aromatic N) is 1. The average molecular weight is 285 g/mol. The minimum Gasteiger partial charge on any atom is -0.450 e. The van der Waals surface area contributed by atoms with E-state index in [0.29, 0.717) is 19.7 Å². The molecule has 0 radical (unpaired) electrons. The molecule has 1 atom stereocenters. The fourth-order valence-electron chi connectivity index (χ4n) is 2.28. The summed E-state index contributed by atoms with van der Waals surface area (Å²) in [7, 11) is 0. The Kier molecular flexibility index (Phi) is 6.78. The maximum atomic E-state index is 11.8. The highest BCUT2D eigenvalue weighted by atomic mass is 16.6. The van der Waals surface area contributed by atoms with Crippen molar-refractivity contribution in [3.05, 3.63) is 0 Å². The molecule has 0 bridgehead atoms. The summed E-state index contributed by atoms with van der Waals surface area (Å²) in [4.78, 5) is 25.1. The molecule has 0 aliphatic carbocycles. The predicted molar refractivity (Wildman–Crippen MR) is 77.5 cm³/mol. The van der Waals surface area contributed by atoms with Gasteiger partial charge in [0, 0.05) is 25.2 Å². The maximum absolute atomic E-state index is 11.8. The monoisotopic (exact) mass is 285 g/mol. The Morgan fingerprint density at radius 3 is 2.35 bits per heavy atom. The van der Waals surface area contributed by atoms with E-state index in [1.54, 1.807) is 11.8 Å². The largest absolute Gasteiger partial charge is 0.450 e. The third-order valence-corrected chi connectivity index (χ3v) is 3.33. The number of hydrogen-bond acceptors (Lipinski definition) is 4. The lowest BCUT2D eigenvalue weighted by Gasteiger charge is -2.33. The molecule has 1 fully saturated rings. The lowest BCUT2D eigenvalue weighted by atomic mass is 10.0. The fraction of sp³-hybridized carbons (Fsp3) is 0.857. The molecule has 0 aromatic carbocycles. The van der Waals surface area contributed by atoms with Crippen LogP contribution in [0.4, 0.5) is 4.79 Å². The molecule has 0 aromatic rings. The lowest BCUT2D eigenvalue weighted by molar-refractivity contribution is -0.123. The van der Waals surface area contributed by atoms with Crippen molar-refractivity contribution in [2.75, 3.05) is 19.7 Å². The molecule has 0 saturated carbocycles. The second-order valence-corrected chi connectivity index (χ2v) is 5.51. The molecule has 1 aliphatic heterocycles. The first kappa shape index (κ1) is 16.8. The average Bonchev–Trinajstić information content (AvgIpc) is 2.39. The summed E-state index contributed by atoms with van der Waals surface area (Å²) >= 11 is 0. The maximum Gasteiger partial charge on any atom is 0.409 e. The zero-order valence-corrected chi connectivity index (χ0v) is 12.9. The number of likely N-dealkylation sites (tertiary alicyclic amines) is 1. The highest BCUT2D eigenvalue weighted by molar-refractivity contribution is 5.81. The van der Waals surface area contributed by atoms with Crippen molar-refractivity contribution < 1.29 is 14.3 Å². The van der Waals surface area contributed by atoms with Crippen molar-refractivity contribution in [3.8, 4) is 0 Å². The van der Waals surface area contributed by atoms with Gasteiger partial charge in [0.25, 0.3) is 0 Å². The number of rotatable bonds is 5. The van der Waals surface area contributed by atoms with Gasteiger partial charge in [-0.1, -0.05) is 0 Å². The van der Waals surface area contributed by atoms with Gasteiger partial charge in [-0.2, -0.15) is 0 Å². The molecule has 1 aliphatic rings. The van der Waals surface area contributed by atoms with Gasteiger partial charge in [-0.15, -0.1) is 0 Å². The minimum absolute atomic E-state index is 0.0211. The summed E-state index contributed by atoms with van der Waals surface area (Å²) in [5.74, 6) is 0.0211. The van der Waals surface area contributed by atoms with Crippen LogP contribution < -0.4 is 10.6 Å². The van der Waals surface area contributed by atoms with Crippen LogP contribution in [0.25, 0.3) is 0 Å². The molecule has 6 heteroatoms. The van der Waals surface area contributed by atoms with Crippen molar-refractivity contribution in [2.45, 2.75) is 58.7 Å². The summed E-state index contributed by atoms with van der Waals surface area (Å²) in [5.41, 5.74) is 0. The summed E-state index contributed by atoms with van der Waals surface area (Å²) in [5, 5.41) is 6.21. The molecule has 1 rings (SSSR count). The van der Waals surface area contributed by atoms with Gasteiger partial charge >= 0.3 is 6.09 Å². The normalized spacial score (nSPS) is 17.9. The summed E-state index contributed by atoms with van der Waals surface area (Å²) < 4.78 is 4.98. The molecule has 6 nitrogen and oxygen atoms in total. The van der Waals surface area contributed by atoms with Crippen molar-refractivity contribution in [2.24, 2.45) is 0 Å². The molecule has 1 unspecified atom stereocenters. The van der Waals surface area contributed by atoms with E-state index in [1.807, 2.05) is 20.8 Å². The Morgan fingerprint density at radius 1 is 1.25 bits per heavy atom. The van der Waals surface area contributed by atoms with Gasteiger partial charge < -0.3 is 20.3 Å². The lowest BCUT2D eigenvalue weighted by Crippen LogP contribution is -2.52. The van der Waals surface area contributed by atoms with E-state index in [0.717, 1.165) is 12.8 Å². The van der Waals surface area contributed by atoms with Gasteiger partial charge in [0.1, 0.15) is 0 Å². The topological polar surface area (TPSA) is 70.7 Å². The van der Waals surface area contributed by atoms with Crippen LogP contribution in [0, 0.1) is 0 Å². The van der Waals surface area contributed by atoms with Gasteiger partial charge in [-0.05, 0) is 40.5 Å². The molecular formula is C14H27N3O3. The van der Waals surface area contributed by atoms with Crippen LogP contribution in [-0.2, 0) is 9.53 Å². The number of nitrogens with one attached hydrogen (secondary N) is 2. The van der Waals surface area contributed by atoms with Gasteiger partial charge in [-0.3, -0.25) is 4.79 Å². The first-order valence-electron chi connectivity index (χ1n) is 7.42. The van der Waals surface area contributed by atoms with Gasteiger partial charge in [0.2, 0.25) is 5.91 Å². The van der Waals surface area contributed by atoms with Crippen LogP contribution in [0.1, 0.15) is 40.5 Å². The fourth-order valence-corrected chi connectivity index (χ4v) is 2.28. The van der Waals surface area contributed by atoms with E-state index < -0.39 is 0 Å². The number of ether oxygens (including phenoxy) is 1. The Balaban J connectivity index is 2.31. The zero-order chi connectivity index (χ0) is 15.1. The van der Waals surface area contributed by atoms with Crippen molar-refractivity contribution in [1.82, 2.24) is 15.5 Å². The first-order chi connectivity index (χ1) is 9.43. The van der Waals surface area contributed by atoms with Crippen LogP contribution in [-0.4, -0.2) is 54.7 Å². The van der Waals surface area contributed by atoms with Crippen molar-refractivity contribution in [3.63, 3.8) is 0 Å². The SMILES string of the molecule is CCOC(=O)N1CCC(NC(C)C(=O)NC(C)C)CC1. The first-order valence-corrected chi connectivity index (χ1v) is 7.42. The van der Waals surface area contributed by atoms with Crippen LogP contribution in [0.2, 0.25) is 0 Å². The standard InChI is InChI=1S/C14H27N3O3/c1-5-20-14(19)17-8-6-12(7-9-17)16-11(4)13(18)15-10(2)3/h10-12,16H,5-9H2,1-4H3,(H,15,18). The Hall–Kier alpha value is -1.30. The number of hydrogen-bond donors (Lipinski definition) is 2. The Bertz CT molecular complexity index is 326.